The predicted octanol–water partition coefficient (Wildman–Crippen LogP) is 1.88. The molecule has 0 aliphatic carbocycles. The van der Waals surface area contributed by atoms with Crippen molar-refractivity contribution in [2.45, 2.75) is 11.1 Å². The number of rotatable bonds is 6. The molecule has 0 amide bonds. The van der Waals surface area contributed by atoms with Gasteiger partial charge in [0, 0.05) is 26.5 Å². The molecule has 0 aliphatic rings. The highest BCUT2D eigenvalue weighted by molar-refractivity contribution is 7.89. The molecule has 0 bridgehead atoms. The molecule has 0 saturated heterocycles. The number of benzene rings is 1. The second kappa shape index (κ2) is 7.10. The third-order valence-electron chi connectivity index (χ3n) is 3.91. The number of ether oxygens (including phenoxy) is 1. The van der Waals surface area contributed by atoms with Crippen molar-refractivity contribution in [2.75, 3.05) is 7.11 Å². The van der Waals surface area contributed by atoms with E-state index in [0.29, 0.717) is 17.1 Å². The second-order valence-electron chi connectivity index (χ2n) is 5.68. The Bertz CT molecular complexity index is 1030. The van der Waals surface area contributed by atoms with Gasteiger partial charge < -0.3 is 13.9 Å². The summed E-state index contributed by atoms with van der Waals surface area (Å²) in [5, 5.41) is -0.203. The van der Waals surface area contributed by atoms with Gasteiger partial charge >= 0.3 is 0 Å². The van der Waals surface area contributed by atoms with Crippen LogP contribution < -0.4 is 9.46 Å². The molecule has 1 unspecified atom stereocenters. The van der Waals surface area contributed by atoms with E-state index in [1.165, 1.54) is 10.9 Å². The molecule has 26 heavy (non-hydrogen) atoms. The fourth-order valence-electron chi connectivity index (χ4n) is 2.53. The Kier molecular flexibility index (Phi) is 5.03. The van der Waals surface area contributed by atoms with E-state index >= 15 is 0 Å². The van der Waals surface area contributed by atoms with Crippen LogP contribution >= 0.6 is 11.6 Å². The molecule has 1 aromatic carbocycles. The lowest BCUT2D eigenvalue weighted by Gasteiger charge is -2.19. The first-order chi connectivity index (χ1) is 12.3. The van der Waals surface area contributed by atoms with E-state index in [9.17, 15) is 8.42 Å². The number of aromatic nitrogens is 4. The Hall–Kier alpha value is -2.36. The van der Waals surface area contributed by atoms with Gasteiger partial charge in [-0.05, 0) is 17.7 Å². The summed E-state index contributed by atoms with van der Waals surface area (Å²) in [5.74, 6) is 1.13. The Balaban J connectivity index is 2.07. The highest BCUT2D eigenvalue weighted by Gasteiger charge is 2.29. The van der Waals surface area contributed by atoms with Crippen LogP contribution in [0.25, 0.3) is 0 Å². The molecule has 10 heteroatoms. The molecule has 2 heterocycles. The molecule has 8 nitrogen and oxygen atoms in total. The first kappa shape index (κ1) is 18.4. The van der Waals surface area contributed by atoms with Crippen LogP contribution in [0.1, 0.15) is 17.4 Å². The van der Waals surface area contributed by atoms with Gasteiger partial charge in [-0.25, -0.2) is 18.4 Å². The Morgan fingerprint density at radius 1 is 1.23 bits per heavy atom. The van der Waals surface area contributed by atoms with E-state index in [1.807, 2.05) is 0 Å². The Morgan fingerprint density at radius 3 is 2.58 bits per heavy atom. The predicted molar refractivity (Wildman–Crippen MR) is 96.6 cm³/mol. The number of sulfonamides is 1. The summed E-state index contributed by atoms with van der Waals surface area (Å²) in [6.45, 7) is 0. The standard InChI is InChI=1S/C16H18ClN5O3S/c1-21-8-7-18-15(21)13(11-5-4-6-12(9-11)25-3)20-26(23,24)16-14(17)22(2)10-19-16/h4-10,13,20H,1-3H3. The van der Waals surface area contributed by atoms with Gasteiger partial charge in [0.2, 0.25) is 5.03 Å². The average molecular weight is 396 g/mol. The Labute approximate surface area is 156 Å². The maximum atomic E-state index is 12.9. The normalized spacial score (nSPS) is 12.9. The van der Waals surface area contributed by atoms with Gasteiger partial charge in [-0.15, -0.1) is 0 Å². The number of nitrogens with zero attached hydrogens (tertiary/aromatic N) is 4. The molecule has 0 radical (unpaired) electrons. The van der Waals surface area contributed by atoms with E-state index in [4.69, 9.17) is 16.3 Å². The van der Waals surface area contributed by atoms with Crippen molar-refractivity contribution < 1.29 is 13.2 Å². The number of aryl methyl sites for hydroxylation is 2. The van der Waals surface area contributed by atoms with Crippen LogP contribution in [-0.2, 0) is 24.1 Å². The minimum Gasteiger partial charge on any atom is -0.497 e. The van der Waals surface area contributed by atoms with Crippen LogP contribution in [0.5, 0.6) is 5.75 Å². The molecule has 1 atom stereocenters. The monoisotopic (exact) mass is 395 g/mol. The van der Waals surface area contributed by atoms with E-state index in [1.54, 1.807) is 62.4 Å². The van der Waals surface area contributed by atoms with Crippen molar-refractivity contribution in [1.82, 2.24) is 23.8 Å². The zero-order valence-electron chi connectivity index (χ0n) is 14.4. The smallest absolute Gasteiger partial charge is 0.262 e. The lowest BCUT2D eigenvalue weighted by molar-refractivity contribution is 0.413. The molecular weight excluding hydrogens is 378 g/mol. The number of halogens is 1. The molecule has 3 aromatic rings. The van der Waals surface area contributed by atoms with E-state index in [2.05, 4.69) is 14.7 Å². The fourth-order valence-corrected chi connectivity index (χ4v) is 4.14. The second-order valence-corrected chi connectivity index (χ2v) is 7.67. The zero-order valence-corrected chi connectivity index (χ0v) is 16.0. The molecule has 0 saturated carbocycles. The van der Waals surface area contributed by atoms with Gasteiger partial charge in [-0.3, -0.25) is 0 Å². The molecule has 3 rings (SSSR count). The molecule has 0 fully saturated rings. The maximum absolute atomic E-state index is 12.9. The van der Waals surface area contributed by atoms with Gasteiger partial charge in [0.25, 0.3) is 10.0 Å². The van der Waals surface area contributed by atoms with Crippen LogP contribution in [0.4, 0.5) is 0 Å². The van der Waals surface area contributed by atoms with Crippen LogP contribution in [-0.4, -0.2) is 34.6 Å². The highest BCUT2D eigenvalue weighted by atomic mass is 35.5. The summed E-state index contributed by atoms with van der Waals surface area (Å²) in [6, 6.07) is 6.37. The van der Waals surface area contributed by atoms with Crippen molar-refractivity contribution in [3.05, 3.63) is 59.5 Å². The average Bonchev–Trinajstić information content (AvgIpc) is 3.19. The number of imidazole rings is 2. The van der Waals surface area contributed by atoms with Crippen LogP contribution in [0.3, 0.4) is 0 Å². The Morgan fingerprint density at radius 2 is 2.00 bits per heavy atom. The van der Waals surface area contributed by atoms with Crippen molar-refractivity contribution in [2.24, 2.45) is 14.1 Å². The highest BCUT2D eigenvalue weighted by Crippen LogP contribution is 2.27. The summed E-state index contributed by atoms with van der Waals surface area (Å²) in [5.41, 5.74) is 0.675. The maximum Gasteiger partial charge on any atom is 0.262 e. The SMILES string of the molecule is COc1cccc(C(NS(=O)(=O)c2ncn(C)c2Cl)c2nccn2C)c1. The minimum absolute atomic E-state index is 0.0294. The largest absolute Gasteiger partial charge is 0.497 e. The minimum atomic E-state index is -3.99. The fraction of sp³-hybridized carbons (Fsp3) is 0.250. The van der Waals surface area contributed by atoms with Crippen molar-refractivity contribution >= 4 is 21.6 Å². The summed E-state index contributed by atoms with van der Waals surface area (Å²) in [4.78, 5) is 8.19. The number of methoxy groups -OCH3 is 1. The lowest BCUT2D eigenvalue weighted by Crippen LogP contribution is -2.31. The lowest BCUT2D eigenvalue weighted by atomic mass is 10.1. The van der Waals surface area contributed by atoms with E-state index in [0.717, 1.165) is 0 Å². The third-order valence-corrected chi connectivity index (χ3v) is 5.82. The van der Waals surface area contributed by atoms with Crippen LogP contribution in [0.2, 0.25) is 5.15 Å². The van der Waals surface area contributed by atoms with Crippen molar-refractivity contribution in [3.8, 4) is 5.75 Å². The van der Waals surface area contributed by atoms with Crippen molar-refractivity contribution in [1.29, 1.82) is 0 Å². The number of hydrogen-bond acceptors (Lipinski definition) is 5. The topological polar surface area (TPSA) is 91.0 Å². The molecule has 138 valence electrons. The summed E-state index contributed by atoms with van der Waals surface area (Å²) < 4.78 is 36.8. The van der Waals surface area contributed by atoms with Crippen LogP contribution in [0, 0.1) is 0 Å². The van der Waals surface area contributed by atoms with Crippen molar-refractivity contribution in [3.63, 3.8) is 0 Å². The van der Waals surface area contributed by atoms with Gasteiger partial charge in [0.15, 0.2) is 0 Å². The van der Waals surface area contributed by atoms with E-state index < -0.39 is 16.1 Å². The molecule has 2 aromatic heterocycles. The number of nitrogens with one attached hydrogen (secondary N) is 1. The quantitative estimate of drug-likeness (QED) is 0.688. The molecule has 0 spiro atoms. The number of hydrogen-bond donors (Lipinski definition) is 1. The summed E-state index contributed by atoms with van der Waals surface area (Å²) in [7, 11) is 0.967. The van der Waals surface area contributed by atoms with Gasteiger partial charge in [-0.2, -0.15) is 4.72 Å². The summed E-state index contributed by atoms with van der Waals surface area (Å²) >= 11 is 6.07. The molecule has 0 aliphatic heterocycles. The zero-order chi connectivity index (χ0) is 18.9. The summed E-state index contributed by atoms with van der Waals surface area (Å²) in [6.07, 6.45) is 4.69. The molecule has 1 N–H and O–H groups in total. The molecular formula is C16H18ClN5O3S. The van der Waals surface area contributed by atoms with Gasteiger partial charge in [0.05, 0.1) is 13.4 Å². The first-order valence-corrected chi connectivity index (χ1v) is 9.50. The van der Waals surface area contributed by atoms with Gasteiger partial charge in [-0.1, -0.05) is 23.7 Å². The first-order valence-electron chi connectivity index (χ1n) is 7.64. The van der Waals surface area contributed by atoms with E-state index in [-0.39, 0.29) is 10.2 Å². The third kappa shape index (κ3) is 3.46. The van der Waals surface area contributed by atoms with Crippen LogP contribution in [0.15, 0.2) is 48.0 Å². The van der Waals surface area contributed by atoms with Gasteiger partial charge in [0.1, 0.15) is 22.8 Å².